The lowest BCUT2D eigenvalue weighted by Gasteiger charge is -2.25. The molecule has 2 aromatic carbocycles. The minimum absolute atomic E-state index is 0.00566. The van der Waals surface area contributed by atoms with Crippen LogP contribution in [0.15, 0.2) is 48.5 Å². The van der Waals surface area contributed by atoms with Gasteiger partial charge in [0, 0.05) is 19.2 Å². The molecule has 5 nitrogen and oxygen atoms in total. The fourth-order valence-corrected chi connectivity index (χ4v) is 3.46. The average molecular weight is 410 g/mol. The van der Waals surface area contributed by atoms with Crippen LogP contribution in [0.25, 0.3) is 0 Å². The van der Waals surface area contributed by atoms with Crippen LogP contribution in [0, 0.1) is 5.92 Å². The molecule has 0 radical (unpaired) electrons. The SMILES string of the molecule is CNC(=O)c1ccc(CN(C)CC(=O)N[C@H](c2ccc(C(C)C)cc2)C(C)C)cc1. The number of carbonyl (C=O) groups is 2. The molecule has 0 aliphatic carbocycles. The maximum Gasteiger partial charge on any atom is 0.251 e. The third-order valence-corrected chi connectivity index (χ3v) is 5.25. The van der Waals surface area contributed by atoms with E-state index in [4.69, 9.17) is 0 Å². The molecule has 0 aliphatic rings. The van der Waals surface area contributed by atoms with Gasteiger partial charge >= 0.3 is 0 Å². The predicted octanol–water partition coefficient (Wildman–Crippen LogP) is 4.11. The Labute approximate surface area is 180 Å². The minimum atomic E-state index is -0.101. The molecule has 0 heterocycles. The molecular formula is C25H35N3O2. The number of benzene rings is 2. The summed E-state index contributed by atoms with van der Waals surface area (Å²) in [6.07, 6.45) is 0. The molecule has 0 aromatic heterocycles. The first-order valence-corrected chi connectivity index (χ1v) is 10.6. The van der Waals surface area contributed by atoms with Crippen LogP contribution in [0.4, 0.5) is 0 Å². The molecule has 1 atom stereocenters. The lowest BCUT2D eigenvalue weighted by atomic mass is 9.93. The van der Waals surface area contributed by atoms with Gasteiger partial charge in [0.25, 0.3) is 5.91 Å². The molecule has 162 valence electrons. The lowest BCUT2D eigenvalue weighted by Crippen LogP contribution is -2.38. The van der Waals surface area contributed by atoms with Crippen LogP contribution in [0.2, 0.25) is 0 Å². The van der Waals surface area contributed by atoms with Crippen LogP contribution >= 0.6 is 0 Å². The average Bonchev–Trinajstić information content (AvgIpc) is 2.71. The van der Waals surface area contributed by atoms with Crippen LogP contribution in [0.3, 0.4) is 0 Å². The summed E-state index contributed by atoms with van der Waals surface area (Å²) in [5.74, 6) is 0.688. The fourth-order valence-electron chi connectivity index (χ4n) is 3.46. The van der Waals surface area contributed by atoms with Crippen LogP contribution in [0.1, 0.15) is 66.7 Å². The van der Waals surface area contributed by atoms with E-state index in [-0.39, 0.29) is 17.9 Å². The summed E-state index contributed by atoms with van der Waals surface area (Å²) in [6, 6.07) is 16.0. The lowest BCUT2D eigenvalue weighted by molar-refractivity contribution is -0.123. The van der Waals surface area contributed by atoms with Gasteiger partial charge in [0.1, 0.15) is 0 Å². The Morgan fingerprint density at radius 3 is 1.97 bits per heavy atom. The van der Waals surface area contributed by atoms with E-state index < -0.39 is 0 Å². The summed E-state index contributed by atoms with van der Waals surface area (Å²) < 4.78 is 0. The molecule has 0 unspecified atom stereocenters. The van der Waals surface area contributed by atoms with Crippen LogP contribution in [0.5, 0.6) is 0 Å². The summed E-state index contributed by atoms with van der Waals surface area (Å²) in [7, 11) is 3.54. The zero-order valence-electron chi connectivity index (χ0n) is 19.0. The van der Waals surface area contributed by atoms with Gasteiger partial charge in [0.15, 0.2) is 0 Å². The maximum atomic E-state index is 12.7. The molecule has 0 spiro atoms. The van der Waals surface area contributed by atoms with Gasteiger partial charge in [-0.25, -0.2) is 0 Å². The van der Waals surface area contributed by atoms with Crippen molar-refractivity contribution >= 4 is 11.8 Å². The van der Waals surface area contributed by atoms with Crippen LogP contribution in [-0.4, -0.2) is 37.4 Å². The normalized spacial score (nSPS) is 12.3. The number of amides is 2. The number of hydrogen-bond acceptors (Lipinski definition) is 3. The minimum Gasteiger partial charge on any atom is -0.355 e. The van der Waals surface area contributed by atoms with E-state index >= 15 is 0 Å². The second-order valence-corrected chi connectivity index (χ2v) is 8.56. The van der Waals surface area contributed by atoms with Crippen LogP contribution < -0.4 is 10.6 Å². The number of rotatable bonds is 9. The van der Waals surface area contributed by atoms with Gasteiger partial charge < -0.3 is 10.6 Å². The molecule has 2 rings (SSSR count). The molecule has 30 heavy (non-hydrogen) atoms. The molecule has 2 aromatic rings. The summed E-state index contributed by atoms with van der Waals surface area (Å²) in [4.78, 5) is 26.3. The van der Waals surface area contributed by atoms with Crippen molar-refractivity contribution in [2.24, 2.45) is 5.92 Å². The molecule has 0 fully saturated rings. The van der Waals surface area contributed by atoms with Crippen molar-refractivity contribution in [1.29, 1.82) is 0 Å². The van der Waals surface area contributed by atoms with E-state index in [1.165, 1.54) is 5.56 Å². The largest absolute Gasteiger partial charge is 0.355 e. The van der Waals surface area contributed by atoms with E-state index in [1.807, 2.05) is 24.1 Å². The molecule has 0 aliphatic heterocycles. The Kier molecular flexibility index (Phi) is 8.60. The molecular weight excluding hydrogens is 374 g/mol. The summed E-state index contributed by atoms with van der Waals surface area (Å²) in [6.45, 7) is 9.55. The van der Waals surface area contributed by atoms with Gasteiger partial charge in [-0.05, 0) is 47.7 Å². The standard InChI is InChI=1S/C25H35N3O2/c1-17(2)20-11-13-21(14-12-20)24(18(3)4)27-23(29)16-28(6)15-19-7-9-22(10-8-19)25(30)26-5/h7-14,17-18,24H,15-16H2,1-6H3,(H,26,30)(H,27,29)/t24-/m0/s1. The highest BCUT2D eigenvalue weighted by Gasteiger charge is 2.19. The zero-order valence-corrected chi connectivity index (χ0v) is 19.0. The second kappa shape index (κ2) is 10.9. The second-order valence-electron chi connectivity index (χ2n) is 8.56. The highest BCUT2D eigenvalue weighted by Crippen LogP contribution is 2.24. The van der Waals surface area contributed by atoms with E-state index in [0.29, 0.717) is 30.5 Å². The Bertz CT molecular complexity index is 826. The number of likely N-dealkylation sites (N-methyl/N-ethyl adjacent to an activating group) is 1. The van der Waals surface area contributed by atoms with Crippen molar-refractivity contribution in [3.63, 3.8) is 0 Å². The fraction of sp³-hybridized carbons (Fsp3) is 0.440. The zero-order chi connectivity index (χ0) is 22.3. The first kappa shape index (κ1) is 23.6. The van der Waals surface area contributed by atoms with E-state index in [1.54, 1.807) is 19.2 Å². The number of carbonyl (C=O) groups excluding carboxylic acids is 2. The smallest absolute Gasteiger partial charge is 0.251 e. The quantitative estimate of drug-likeness (QED) is 0.655. The number of nitrogens with zero attached hydrogens (tertiary/aromatic N) is 1. The van der Waals surface area contributed by atoms with Crippen molar-refractivity contribution in [1.82, 2.24) is 15.5 Å². The first-order chi connectivity index (χ1) is 14.2. The van der Waals surface area contributed by atoms with Gasteiger partial charge in [0.05, 0.1) is 12.6 Å². The van der Waals surface area contributed by atoms with Crippen molar-refractivity contribution in [3.8, 4) is 0 Å². The van der Waals surface area contributed by atoms with Crippen LogP contribution in [-0.2, 0) is 11.3 Å². The molecule has 2 amide bonds. The number of nitrogens with one attached hydrogen (secondary N) is 2. The van der Waals surface area contributed by atoms with Crippen molar-refractivity contribution in [2.45, 2.75) is 46.2 Å². The maximum absolute atomic E-state index is 12.7. The molecule has 0 bridgehead atoms. The third kappa shape index (κ3) is 6.70. The summed E-state index contributed by atoms with van der Waals surface area (Å²) in [5, 5.41) is 5.81. The Balaban J connectivity index is 1.95. The summed E-state index contributed by atoms with van der Waals surface area (Å²) in [5.41, 5.74) is 4.12. The first-order valence-electron chi connectivity index (χ1n) is 10.6. The highest BCUT2D eigenvalue weighted by atomic mass is 16.2. The van der Waals surface area contributed by atoms with Crippen molar-refractivity contribution in [3.05, 3.63) is 70.8 Å². The topological polar surface area (TPSA) is 61.4 Å². The molecule has 0 saturated heterocycles. The number of hydrogen-bond donors (Lipinski definition) is 2. The third-order valence-electron chi connectivity index (χ3n) is 5.25. The van der Waals surface area contributed by atoms with Gasteiger partial charge in [-0.3, -0.25) is 14.5 Å². The Hall–Kier alpha value is -2.66. The van der Waals surface area contributed by atoms with E-state index in [9.17, 15) is 9.59 Å². The van der Waals surface area contributed by atoms with E-state index in [0.717, 1.165) is 11.1 Å². The van der Waals surface area contributed by atoms with Crippen molar-refractivity contribution in [2.75, 3.05) is 20.6 Å². The van der Waals surface area contributed by atoms with Gasteiger partial charge in [-0.1, -0.05) is 64.1 Å². The summed E-state index contributed by atoms with van der Waals surface area (Å²) >= 11 is 0. The van der Waals surface area contributed by atoms with Crippen molar-refractivity contribution < 1.29 is 9.59 Å². The van der Waals surface area contributed by atoms with Gasteiger partial charge in [-0.15, -0.1) is 0 Å². The molecule has 0 saturated carbocycles. The Morgan fingerprint density at radius 1 is 0.900 bits per heavy atom. The monoisotopic (exact) mass is 409 g/mol. The molecule has 2 N–H and O–H groups in total. The van der Waals surface area contributed by atoms with Gasteiger partial charge in [0.2, 0.25) is 5.91 Å². The molecule has 5 heteroatoms. The predicted molar refractivity (Wildman–Crippen MR) is 122 cm³/mol. The van der Waals surface area contributed by atoms with E-state index in [2.05, 4.69) is 62.6 Å². The Morgan fingerprint density at radius 2 is 1.47 bits per heavy atom. The highest BCUT2D eigenvalue weighted by molar-refractivity contribution is 5.93. The van der Waals surface area contributed by atoms with Gasteiger partial charge in [-0.2, -0.15) is 0 Å².